The summed E-state index contributed by atoms with van der Waals surface area (Å²) < 4.78 is 55.2. The van der Waals surface area contributed by atoms with Gasteiger partial charge >= 0.3 is 0 Å². The molecule has 1 aliphatic heterocycles. The summed E-state index contributed by atoms with van der Waals surface area (Å²) in [7, 11) is -4.21. The topological polar surface area (TPSA) is 87.3 Å². The Hall–Kier alpha value is -1.29. The molecule has 1 aromatic carbocycles. The molecule has 1 saturated heterocycles. The van der Waals surface area contributed by atoms with Crippen LogP contribution in [0.3, 0.4) is 0 Å². The fourth-order valence-electron chi connectivity index (χ4n) is 2.89. The van der Waals surface area contributed by atoms with E-state index < -0.39 is 38.0 Å². The maximum Gasteiger partial charge on any atom is 0.244 e. The third kappa shape index (κ3) is 6.38. The minimum atomic E-state index is -4.21. The van der Waals surface area contributed by atoms with Gasteiger partial charge in [0.2, 0.25) is 15.9 Å². The van der Waals surface area contributed by atoms with Crippen LogP contribution >= 0.6 is 12.4 Å². The van der Waals surface area contributed by atoms with Crippen molar-refractivity contribution < 1.29 is 22.0 Å². The molecule has 0 spiro atoms. The number of nitrogens with one attached hydrogen (secondary N) is 3. The molecule has 0 aliphatic carbocycles. The third-order valence-corrected chi connectivity index (χ3v) is 5.78. The molecule has 10 heteroatoms. The van der Waals surface area contributed by atoms with Crippen molar-refractivity contribution >= 4 is 34.0 Å². The molecule has 0 unspecified atom stereocenters. The molecule has 1 aliphatic rings. The third-order valence-electron chi connectivity index (χ3n) is 4.00. The number of carbonyl (C=O) groups excluding carboxylic acids is 1. The van der Waals surface area contributed by atoms with E-state index >= 15 is 0 Å². The van der Waals surface area contributed by atoms with Crippen LogP contribution in [0, 0.1) is 17.6 Å². The predicted octanol–water partition coefficient (Wildman–Crippen LogP) is 2.79. The number of piperidine rings is 1. The van der Waals surface area contributed by atoms with Gasteiger partial charge in [-0.05, 0) is 53.1 Å². The molecule has 3 N–H and O–H groups in total. The molecule has 154 valence electrons. The lowest BCUT2D eigenvalue weighted by Crippen LogP contribution is -2.41. The quantitative estimate of drug-likeness (QED) is 0.692. The van der Waals surface area contributed by atoms with Gasteiger partial charge in [-0.25, -0.2) is 21.9 Å². The van der Waals surface area contributed by atoms with Gasteiger partial charge in [0.15, 0.2) is 0 Å². The van der Waals surface area contributed by atoms with Crippen molar-refractivity contribution in [3.63, 3.8) is 0 Å². The first kappa shape index (κ1) is 23.7. The fourth-order valence-corrected chi connectivity index (χ4v) is 4.40. The van der Waals surface area contributed by atoms with E-state index in [1.54, 1.807) is 20.8 Å². The van der Waals surface area contributed by atoms with Crippen LogP contribution in [-0.4, -0.2) is 32.5 Å². The number of rotatable bonds is 4. The lowest BCUT2D eigenvalue weighted by Gasteiger charge is -2.27. The first-order chi connectivity index (χ1) is 11.9. The van der Waals surface area contributed by atoms with Crippen molar-refractivity contribution in [1.29, 1.82) is 0 Å². The number of amides is 1. The molecular weight excluding hydrogens is 400 g/mol. The van der Waals surface area contributed by atoms with Gasteiger partial charge < -0.3 is 10.6 Å². The standard InChI is InChI=1S/C17H25F2N3O3S.ClH/c1-10-7-11(5-6-20-10)16(23)21-14-9-15(13(19)8-12(14)18)26(24,25)22-17(2,3)4;/h8-11,20,22H,5-7H2,1-4H3,(H,21,23);1H/t10-,11-;/m0./s1. The van der Waals surface area contributed by atoms with Crippen LogP contribution < -0.4 is 15.4 Å². The second kappa shape index (κ2) is 8.81. The van der Waals surface area contributed by atoms with Crippen LogP contribution in [0.15, 0.2) is 17.0 Å². The lowest BCUT2D eigenvalue weighted by atomic mass is 9.92. The number of hydrogen-bond donors (Lipinski definition) is 3. The molecule has 0 aromatic heterocycles. The second-order valence-electron chi connectivity index (χ2n) is 7.68. The van der Waals surface area contributed by atoms with Crippen LogP contribution in [0.5, 0.6) is 0 Å². The van der Waals surface area contributed by atoms with Gasteiger partial charge in [-0.1, -0.05) is 0 Å². The molecule has 1 amide bonds. The zero-order chi connectivity index (χ0) is 19.7. The number of sulfonamides is 1. The van der Waals surface area contributed by atoms with Crippen LogP contribution in [0.4, 0.5) is 14.5 Å². The van der Waals surface area contributed by atoms with Crippen molar-refractivity contribution in [2.24, 2.45) is 5.92 Å². The number of anilines is 1. The number of hydrogen-bond acceptors (Lipinski definition) is 4. The van der Waals surface area contributed by atoms with Crippen molar-refractivity contribution in [2.45, 2.75) is 57.0 Å². The van der Waals surface area contributed by atoms with Crippen molar-refractivity contribution in [1.82, 2.24) is 10.0 Å². The van der Waals surface area contributed by atoms with Gasteiger partial charge in [-0.3, -0.25) is 4.79 Å². The summed E-state index contributed by atoms with van der Waals surface area (Å²) in [4.78, 5) is 11.7. The Morgan fingerprint density at radius 1 is 1.22 bits per heavy atom. The first-order valence-electron chi connectivity index (χ1n) is 8.46. The maximum atomic E-state index is 14.1. The Morgan fingerprint density at radius 2 is 1.85 bits per heavy atom. The predicted molar refractivity (Wildman–Crippen MR) is 102 cm³/mol. The average Bonchev–Trinajstić information content (AvgIpc) is 2.47. The summed E-state index contributed by atoms with van der Waals surface area (Å²) in [5.41, 5.74) is -1.19. The van der Waals surface area contributed by atoms with Gasteiger partial charge in [0, 0.05) is 23.6 Å². The van der Waals surface area contributed by atoms with E-state index in [2.05, 4.69) is 15.4 Å². The number of benzene rings is 1. The van der Waals surface area contributed by atoms with Gasteiger partial charge in [-0.2, -0.15) is 0 Å². The monoisotopic (exact) mass is 425 g/mol. The Morgan fingerprint density at radius 3 is 2.41 bits per heavy atom. The van der Waals surface area contributed by atoms with E-state index in [1.165, 1.54) is 0 Å². The molecule has 0 radical (unpaired) electrons. The average molecular weight is 426 g/mol. The number of halogens is 3. The van der Waals surface area contributed by atoms with E-state index in [0.29, 0.717) is 25.5 Å². The van der Waals surface area contributed by atoms with E-state index in [1.807, 2.05) is 6.92 Å². The van der Waals surface area contributed by atoms with E-state index in [4.69, 9.17) is 0 Å². The van der Waals surface area contributed by atoms with E-state index in [-0.39, 0.29) is 30.1 Å². The normalized spacial score (nSPS) is 20.7. The summed E-state index contributed by atoms with van der Waals surface area (Å²) in [6.45, 7) is 7.42. The zero-order valence-corrected chi connectivity index (χ0v) is 17.4. The van der Waals surface area contributed by atoms with Crippen molar-refractivity contribution in [2.75, 3.05) is 11.9 Å². The summed E-state index contributed by atoms with van der Waals surface area (Å²) in [6.07, 6.45) is 1.18. The molecule has 27 heavy (non-hydrogen) atoms. The Balaban J connectivity index is 0.00000364. The highest BCUT2D eigenvalue weighted by atomic mass is 35.5. The van der Waals surface area contributed by atoms with Crippen LogP contribution in [0.1, 0.15) is 40.5 Å². The largest absolute Gasteiger partial charge is 0.323 e. The number of carbonyl (C=O) groups is 1. The van der Waals surface area contributed by atoms with Crippen LogP contribution in [0.2, 0.25) is 0 Å². The molecule has 1 aromatic rings. The first-order valence-corrected chi connectivity index (χ1v) is 9.94. The van der Waals surface area contributed by atoms with Gasteiger partial charge in [0.05, 0.1) is 5.69 Å². The molecule has 1 heterocycles. The minimum Gasteiger partial charge on any atom is -0.323 e. The van der Waals surface area contributed by atoms with Crippen molar-refractivity contribution in [3.05, 3.63) is 23.8 Å². The van der Waals surface area contributed by atoms with Crippen molar-refractivity contribution in [3.8, 4) is 0 Å². The Bertz CT molecular complexity index is 797. The van der Waals surface area contributed by atoms with Gasteiger partial charge in [0.25, 0.3) is 0 Å². The SMILES string of the molecule is C[C@H]1C[C@@H](C(=O)Nc2cc(S(=O)(=O)NC(C)(C)C)c(F)cc2F)CCN1.Cl. The second-order valence-corrected chi connectivity index (χ2v) is 9.33. The van der Waals surface area contributed by atoms with Gasteiger partial charge in [0.1, 0.15) is 16.5 Å². The zero-order valence-electron chi connectivity index (χ0n) is 15.7. The summed E-state index contributed by atoms with van der Waals surface area (Å²) in [5, 5.41) is 5.61. The highest BCUT2D eigenvalue weighted by Gasteiger charge is 2.29. The molecule has 0 bridgehead atoms. The van der Waals surface area contributed by atoms with Crippen LogP contribution in [-0.2, 0) is 14.8 Å². The summed E-state index contributed by atoms with van der Waals surface area (Å²) in [6, 6.07) is 1.45. The Kier molecular flexibility index (Phi) is 7.75. The lowest BCUT2D eigenvalue weighted by molar-refractivity contribution is -0.120. The molecule has 1 fully saturated rings. The van der Waals surface area contributed by atoms with E-state index in [9.17, 15) is 22.0 Å². The van der Waals surface area contributed by atoms with Gasteiger partial charge in [-0.15, -0.1) is 12.4 Å². The highest BCUT2D eigenvalue weighted by molar-refractivity contribution is 7.89. The maximum absolute atomic E-state index is 14.1. The summed E-state index contributed by atoms with van der Waals surface area (Å²) in [5.74, 6) is -2.96. The Labute approximate surface area is 164 Å². The fraction of sp³-hybridized carbons (Fsp3) is 0.588. The minimum absolute atomic E-state index is 0. The van der Waals surface area contributed by atoms with E-state index in [0.717, 1.165) is 6.07 Å². The molecule has 6 nitrogen and oxygen atoms in total. The molecule has 2 atom stereocenters. The highest BCUT2D eigenvalue weighted by Crippen LogP contribution is 2.26. The summed E-state index contributed by atoms with van der Waals surface area (Å²) >= 11 is 0. The molecule has 2 rings (SSSR count). The van der Waals surface area contributed by atoms with Crippen LogP contribution in [0.25, 0.3) is 0 Å². The molecule has 0 saturated carbocycles. The smallest absolute Gasteiger partial charge is 0.244 e. The molecular formula is C17H26ClF2N3O3S.